The highest BCUT2D eigenvalue weighted by molar-refractivity contribution is 5.49. The summed E-state index contributed by atoms with van der Waals surface area (Å²) >= 11 is 0. The third-order valence-corrected chi connectivity index (χ3v) is 3.10. The standard InChI is InChI=1S/C13H15F2NO/c1-2-9(5-11-7-17-8-16-11)10-3-4-12(14)13(15)6-10/h3-4,6,8-9,11H,2,5,7H2,1H3. The van der Waals surface area contributed by atoms with Crippen LogP contribution in [0.4, 0.5) is 8.78 Å². The molecule has 0 spiro atoms. The number of nitrogens with zero attached hydrogens (tertiary/aromatic N) is 1. The van der Waals surface area contributed by atoms with Gasteiger partial charge in [0.15, 0.2) is 18.0 Å². The van der Waals surface area contributed by atoms with Gasteiger partial charge in [-0.2, -0.15) is 0 Å². The Hall–Kier alpha value is -1.45. The van der Waals surface area contributed by atoms with Crippen LogP contribution in [0.25, 0.3) is 0 Å². The molecule has 1 aliphatic heterocycles. The quantitative estimate of drug-likeness (QED) is 0.790. The number of rotatable bonds is 4. The second kappa shape index (κ2) is 5.25. The van der Waals surface area contributed by atoms with Crippen molar-refractivity contribution in [2.24, 2.45) is 4.99 Å². The molecule has 1 aromatic carbocycles. The van der Waals surface area contributed by atoms with Gasteiger partial charge in [-0.25, -0.2) is 8.78 Å². The van der Waals surface area contributed by atoms with Crippen LogP contribution in [-0.4, -0.2) is 19.0 Å². The fourth-order valence-electron chi connectivity index (χ4n) is 2.09. The molecule has 17 heavy (non-hydrogen) atoms. The number of hydrogen-bond donors (Lipinski definition) is 0. The number of ether oxygens (including phenoxy) is 1. The van der Waals surface area contributed by atoms with Crippen molar-refractivity contribution in [3.63, 3.8) is 0 Å². The van der Waals surface area contributed by atoms with Gasteiger partial charge in [-0.3, -0.25) is 4.99 Å². The summed E-state index contributed by atoms with van der Waals surface area (Å²) in [7, 11) is 0. The topological polar surface area (TPSA) is 21.6 Å². The van der Waals surface area contributed by atoms with Crippen LogP contribution in [0.3, 0.4) is 0 Å². The van der Waals surface area contributed by atoms with Crippen molar-refractivity contribution < 1.29 is 13.5 Å². The van der Waals surface area contributed by atoms with Crippen molar-refractivity contribution in [1.29, 1.82) is 0 Å². The Morgan fingerprint density at radius 1 is 1.41 bits per heavy atom. The Balaban J connectivity index is 2.10. The molecule has 2 atom stereocenters. The molecule has 0 aromatic heterocycles. The lowest BCUT2D eigenvalue weighted by molar-refractivity contribution is 0.313. The lowest BCUT2D eigenvalue weighted by atomic mass is 9.90. The van der Waals surface area contributed by atoms with E-state index in [-0.39, 0.29) is 12.0 Å². The van der Waals surface area contributed by atoms with Crippen LogP contribution < -0.4 is 0 Å². The monoisotopic (exact) mass is 239 g/mol. The van der Waals surface area contributed by atoms with Gasteiger partial charge in [-0.1, -0.05) is 13.0 Å². The summed E-state index contributed by atoms with van der Waals surface area (Å²) in [5.74, 6) is -1.40. The van der Waals surface area contributed by atoms with Crippen molar-refractivity contribution in [1.82, 2.24) is 0 Å². The van der Waals surface area contributed by atoms with Crippen LogP contribution in [0.5, 0.6) is 0 Å². The summed E-state index contributed by atoms with van der Waals surface area (Å²) in [6.07, 6.45) is 3.14. The first-order valence-corrected chi connectivity index (χ1v) is 5.79. The van der Waals surface area contributed by atoms with E-state index in [0.29, 0.717) is 6.61 Å². The Morgan fingerprint density at radius 2 is 2.24 bits per heavy atom. The van der Waals surface area contributed by atoms with Gasteiger partial charge >= 0.3 is 0 Å². The van der Waals surface area contributed by atoms with Crippen LogP contribution in [-0.2, 0) is 4.74 Å². The molecule has 0 saturated heterocycles. The SMILES string of the molecule is CCC(CC1COC=N1)c1ccc(F)c(F)c1. The smallest absolute Gasteiger partial charge is 0.169 e. The van der Waals surface area contributed by atoms with Crippen LogP contribution in [0.15, 0.2) is 23.2 Å². The molecule has 0 amide bonds. The van der Waals surface area contributed by atoms with Gasteiger partial charge < -0.3 is 4.74 Å². The average Bonchev–Trinajstić information content (AvgIpc) is 2.82. The predicted octanol–water partition coefficient (Wildman–Crippen LogP) is 3.28. The molecule has 0 fully saturated rings. The summed E-state index contributed by atoms with van der Waals surface area (Å²) in [5.41, 5.74) is 0.827. The maximum Gasteiger partial charge on any atom is 0.169 e. The van der Waals surface area contributed by atoms with E-state index in [4.69, 9.17) is 4.74 Å². The zero-order chi connectivity index (χ0) is 12.3. The maximum absolute atomic E-state index is 13.2. The summed E-state index contributed by atoms with van der Waals surface area (Å²) < 4.78 is 31.1. The molecule has 1 aromatic rings. The Morgan fingerprint density at radius 3 is 2.82 bits per heavy atom. The Bertz CT molecular complexity index is 420. The number of aliphatic imine (C=N–C) groups is 1. The third kappa shape index (κ3) is 2.81. The average molecular weight is 239 g/mol. The summed E-state index contributed by atoms with van der Waals surface area (Å²) in [5, 5.41) is 0. The van der Waals surface area contributed by atoms with Gasteiger partial charge in [-0.15, -0.1) is 0 Å². The lowest BCUT2D eigenvalue weighted by Crippen LogP contribution is -2.12. The summed E-state index contributed by atoms with van der Waals surface area (Å²) in [6, 6.07) is 4.24. The zero-order valence-corrected chi connectivity index (χ0v) is 9.70. The molecule has 2 unspecified atom stereocenters. The third-order valence-electron chi connectivity index (χ3n) is 3.10. The van der Waals surface area contributed by atoms with Crippen LogP contribution in [0.2, 0.25) is 0 Å². The fourth-order valence-corrected chi connectivity index (χ4v) is 2.09. The van der Waals surface area contributed by atoms with Crippen molar-refractivity contribution in [2.75, 3.05) is 6.61 Å². The highest BCUT2D eigenvalue weighted by atomic mass is 19.2. The zero-order valence-electron chi connectivity index (χ0n) is 9.70. The van der Waals surface area contributed by atoms with Crippen LogP contribution in [0.1, 0.15) is 31.2 Å². The van der Waals surface area contributed by atoms with Gasteiger partial charge in [0, 0.05) is 0 Å². The largest absolute Gasteiger partial charge is 0.481 e. The van der Waals surface area contributed by atoms with E-state index in [2.05, 4.69) is 4.99 Å². The van der Waals surface area contributed by atoms with Gasteiger partial charge in [-0.05, 0) is 36.5 Å². The molecule has 0 aliphatic carbocycles. The van der Waals surface area contributed by atoms with E-state index in [9.17, 15) is 8.78 Å². The van der Waals surface area contributed by atoms with Gasteiger partial charge in [0.1, 0.15) is 6.61 Å². The molecule has 1 heterocycles. The predicted molar refractivity (Wildman–Crippen MR) is 62.2 cm³/mol. The first-order valence-electron chi connectivity index (χ1n) is 5.79. The first kappa shape index (κ1) is 12.0. The second-order valence-corrected chi connectivity index (χ2v) is 4.26. The lowest BCUT2D eigenvalue weighted by Gasteiger charge is -2.17. The van der Waals surface area contributed by atoms with Crippen LogP contribution >= 0.6 is 0 Å². The molecule has 0 N–H and O–H groups in total. The van der Waals surface area contributed by atoms with E-state index in [1.807, 2.05) is 6.92 Å². The normalized spacial score (nSPS) is 20.3. The minimum Gasteiger partial charge on any atom is -0.481 e. The van der Waals surface area contributed by atoms with Crippen molar-refractivity contribution in [2.45, 2.75) is 31.7 Å². The van der Waals surface area contributed by atoms with Gasteiger partial charge in [0.25, 0.3) is 0 Å². The van der Waals surface area contributed by atoms with E-state index in [1.165, 1.54) is 18.5 Å². The minimum atomic E-state index is -0.800. The molecule has 0 bridgehead atoms. The van der Waals surface area contributed by atoms with Crippen molar-refractivity contribution in [3.05, 3.63) is 35.4 Å². The molecule has 1 aliphatic rings. The van der Waals surface area contributed by atoms with Crippen molar-refractivity contribution >= 4 is 6.40 Å². The first-order chi connectivity index (χ1) is 8.20. The Kier molecular flexibility index (Phi) is 3.71. The molecule has 2 nitrogen and oxygen atoms in total. The van der Waals surface area contributed by atoms with E-state index in [1.54, 1.807) is 6.07 Å². The number of benzene rings is 1. The fraction of sp³-hybridized carbons (Fsp3) is 0.462. The molecular formula is C13H15F2NO. The number of halogens is 2. The second-order valence-electron chi connectivity index (χ2n) is 4.26. The maximum atomic E-state index is 13.2. The molecule has 4 heteroatoms. The highest BCUT2D eigenvalue weighted by Crippen LogP contribution is 2.27. The van der Waals surface area contributed by atoms with Gasteiger partial charge in [0.05, 0.1) is 6.04 Å². The molecule has 0 saturated carbocycles. The highest BCUT2D eigenvalue weighted by Gasteiger charge is 2.19. The number of hydrogen-bond acceptors (Lipinski definition) is 2. The van der Waals surface area contributed by atoms with E-state index < -0.39 is 11.6 Å². The summed E-state index contributed by atoms with van der Waals surface area (Å²) in [6.45, 7) is 2.62. The van der Waals surface area contributed by atoms with Crippen LogP contribution in [0, 0.1) is 11.6 Å². The molecular weight excluding hydrogens is 224 g/mol. The Labute approximate surface area is 99.3 Å². The molecule has 92 valence electrons. The van der Waals surface area contributed by atoms with Gasteiger partial charge in [0.2, 0.25) is 0 Å². The summed E-state index contributed by atoms with van der Waals surface area (Å²) in [4.78, 5) is 4.17. The molecule has 2 rings (SSSR count). The molecule has 0 radical (unpaired) electrons. The van der Waals surface area contributed by atoms with E-state index >= 15 is 0 Å². The van der Waals surface area contributed by atoms with E-state index in [0.717, 1.165) is 18.4 Å². The van der Waals surface area contributed by atoms with Crippen molar-refractivity contribution in [3.8, 4) is 0 Å². The minimum absolute atomic E-state index is 0.132.